The zero-order valence-corrected chi connectivity index (χ0v) is 16.0. The van der Waals surface area contributed by atoms with Gasteiger partial charge in [-0.2, -0.15) is 5.10 Å². The van der Waals surface area contributed by atoms with Crippen molar-refractivity contribution in [3.63, 3.8) is 0 Å². The van der Waals surface area contributed by atoms with E-state index in [9.17, 15) is 14.0 Å². The number of benzene rings is 2. The predicted octanol–water partition coefficient (Wildman–Crippen LogP) is 3.37. The van der Waals surface area contributed by atoms with Crippen LogP contribution in [0.1, 0.15) is 19.4 Å². The van der Waals surface area contributed by atoms with Crippen molar-refractivity contribution in [2.45, 2.75) is 13.8 Å². The van der Waals surface area contributed by atoms with Crippen LogP contribution in [0.25, 0.3) is 0 Å². The quantitative estimate of drug-likeness (QED) is 0.518. The molecule has 0 fully saturated rings. The average Bonchev–Trinajstić information content (AvgIpc) is 2.63. The van der Waals surface area contributed by atoms with Crippen LogP contribution in [0.15, 0.2) is 41.5 Å². The summed E-state index contributed by atoms with van der Waals surface area (Å²) in [5, 5.41) is 6.57. The number of nitrogens with one attached hydrogen (secondary N) is 2. The first-order chi connectivity index (χ1) is 13.4. The Bertz CT molecular complexity index is 872. The van der Waals surface area contributed by atoms with Gasteiger partial charge in [0.15, 0.2) is 18.1 Å². The lowest BCUT2D eigenvalue weighted by molar-refractivity contribution is -0.119. The Hall–Kier alpha value is -3.13. The van der Waals surface area contributed by atoms with Crippen LogP contribution in [0.2, 0.25) is 5.02 Å². The molecule has 2 aromatic carbocycles. The van der Waals surface area contributed by atoms with E-state index in [0.29, 0.717) is 23.6 Å². The SMILES string of the molecule is CCOc1cc(/C=N\NC(C)=O)cc(Cl)c1OCC(=O)Nc1ccc(F)cc1. The number of rotatable bonds is 8. The standard InChI is InChI=1S/C19H19ClFN3O4/c1-3-27-17-9-13(10-22-24-12(2)25)8-16(20)19(17)28-11-18(26)23-15-6-4-14(21)5-7-15/h4-10H,3,11H2,1-2H3,(H,23,26)(H,24,25)/b22-10-. The molecule has 0 saturated heterocycles. The molecule has 0 radical (unpaired) electrons. The molecule has 0 saturated carbocycles. The monoisotopic (exact) mass is 407 g/mol. The molecule has 2 N–H and O–H groups in total. The summed E-state index contributed by atoms with van der Waals surface area (Å²) >= 11 is 6.25. The molecule has 0 bridgehead atoms. The average molecular weight is 408 g/mol. The normalized spacial score (nSPS) is 10.6. The minimum absolute atomic E-state index is 0.203. The summed E-state index contributed by atoms with van der Waals surface area (Å²) in [5.74, 6) is -0.617. The van der Waals surface area contributed by atoms with E-state index in [1.165, 1.54) is 37.4 Å². The molecule has 0 aliphatic rings. The summed E-state index contributed by atoms with van der Waals surface area (Å²) in [6.07, 6.45) is 1.40. The number of hydrazone groups is 1. The number of carbonyl (C=O) groups excluding carboxylic acids is 2. The number of ether oxygens (including phenoxy) is 2. The molecule has 2 aromatic rings. The van der Waals surface area contributed by atoms with Gasteiger partial charge in [0, 0.05) is 12.6 Å². The molecule has 2 amide bonds. The molecule has 0 aromatic heterocycles. The zero-order chi connectivity index (χ0) is 20.5. The van der Waals surface area contributed by atoms with Gasteiger partial charge in [0.05, 0.1) is 17.8 Å². The maximum absolute atomic E-state index is 12.9. The smallest absolute Gasteiger partial charge is 0.262 e. The first-order valence-corrected chi connectivity index (χ1v) is 8.71. The lowest BCUT2D eigenvalue weighted by Gasteiger charge is -2.14. The van der Waals surface area contributed by atoms with E-state index in [4.69, 9.17) is 21.1 Å². The van der Waals surface area contributed by atoms with Gasteiger partial charge in [-0.15, -0.1) is 0 Å². The second-order valence-electron chi connectivity index (χ2n) is 5.53. The molecular formula is C19H19ClFN3O4. The molecule has 0 aliphatic heterocycles. The number of anilines is 1. The Kier molecular flexibility index (Phi) is 7.76. The molecule has 0 atom stereocenters. The zero-order valence-electron chi connectivity index (χ0n) is 15.3. The minimum atomic E-state index is -0.443. The molecule has 0 aliphatic carbocycles. The van der Waals surface area contributed by atoms with Crippen LogP contribution in [-0.4, -0.2) is 31.2 Å². The second kappa shape index (κ2) is 10.3. The van der Waals surface area contributed by atoms with Gasteiger partial charge >= 0.3 is 0 Å². The summed E-state index contributed by atoms with van der Waals surface area (Å²) in [6.45, 7) is 3.15. The van der Waals surface area contributed by atoms with Crippen LogP contribution in [0, 0.1) is 5.82 Å². The third kappa shape index (κ3) is 6.55. The van der Waals surface area contributed by atoms with E-state index in [2.05, 4.69) is 15.8 Å². The molecule has 148 valence electrons. The summed E-state index contributed by atoms with van der Waals surface area (Å²) in [6, 6.07) is 8.53. The number of nitrogens with zero attached hydrogens (tertiary/aromatic N) is 1. The highest BCUT2D eigenvalue weighted by Crippen LogP contribution is 2.36. The number of hydrogen-bond donors (Lipinski definition) is 2. The van der Waals surface area contributed by atoms with Gasteiger partial charge in [0.2, 0.25) is 5.91 Å². The predicted molar refractivity (Wildman–Crippen MR) is 105 cm³/mol. The van der Waals surface area contributed by atoms with E-state index >= 15 is 0 Å². The number of hydrogen-bond acceptors (Lipinski definition) is 5. The van der Waals surface area contributed by atoms with Gasteiger partial charge < -0.3 is 14.8 Å². The van der Waals surface area contributed by atoms with Crippen molar-refractivity contribution < 1.29 is 23.5 Å². The molecule has 0 heterocycles. The molecule has 2 rings (SSSR count). The summed E-state index contributed by atoms with van der Waals surface area (Å²) in [5.41, 5.74) is 3.30. The van der Waals surface area contributed by atoms with Crippen LogP contribution in [0.3, 0.4) is 0 Å². The Morgan fingerprint density at radius 3 is 2.57 bits per heavy atom. The van der Waals surface area contributed by atoms with Crippen LogP contribution < -0.4 is 20.2 Å². The lowest BCUT2D eigenvalue weighted by atomic mass is 10.2. The molecule has 9 heteroatoms. The fourth-order valence-electron chi connectivity index (χ4n) is 2.13. The van der Waals surface area contributed by atoms with Crippen molar-refractivity contribution in [2.75, 3.05) is 18.5 Å². The molecule has 28 heavy (non-hydrogen) atoms. The maximum atomic E-state index is 12.9. The highest BCUT2D eigenvalue weighted by atomic mass is 35.5. The van der Waals surface area contributed by atoms with Gasteiger partial charge in [-0.05, 0) is 48.9 Å². The molecular weight excluding hydrogens is 389 g/mol. The Labute approximate surface area is 166 Å². The van der Waals surface area contributed by atoms with Crippen molar-refractivity contribution in [1.82, 2.24) is 5.43 Å². The minimum Gasteiger partial charge on any atom is -0.490 e. The van der Waals surface area contributed by atoms with Crippen molar-refractivity contribution in [3.05, 3.63) is 52.8 Å². The van der Waals surface area contributed by atoms with Gasteiger partial charge in [-0.1, -0.05) is 11.6 Å². The van der Waals surface area contributed by atoms with E-state index in [1.54, 1.807) is 19.1 Å². The van der Waals surface area contributed by atoms with E-state index in [1.807, 2.05) is 0 Å². The van der Waals surface area contributed by atoms with Gasteiger partial charge in [-0.25, -0.2) is 9.82 Å². The Morgan fingerprint density at radius 1 is 1.21 bits per heavy atom. The van der Waals surface area contributed by atoms with Gasteiger partial charge in [0.25, 0.3) is 5.91 Å². The van der Waals surface area contributed by atoms with Gasteiger partial charge in [0.1, 0.15) is 5.82 Å². The third-order valence-electron chi connectivity index (χ3n) is 3.24. The van der Waals surface area contributed by atoms with Crippen LogP contribution in [0.4, 0.5) is 10.1 Å². The third-order valence-corrected chi connectivity index (χ3v) is 3.52. The highest BCUT2D eigenvalue weighted by molar-refractivity contribution is 6.32. The van der Waals surface area contributed by atoms with E-state index in [-0.39, 0.29) is 23.3 Å². The van der Waals surface area contributed by atoms with Crippen molar-refractivity contribution in [1.29, 1.82) is 0 Å². The topological polar surface area (TPSA) is 89.0 Å². The second-order valence-corrected chi connectivity index (χ2v) is 5.94. The molecule has 0 spiro atoms. The molecule has 0 unspecified atom stereocenters. The summed E-state index contributed by atoms with van der Waals surface area (Å²) in [7, 11) is 0. The first-order valence-electron chi connectivity index (χ1n) is 8.33. The fraction of sp³-hybridized carbons (Fsp3) is 0.211. The van der Waals surface area contributed by atoms with Crippen LogP contribution >= 0.6 is 11.6 Å². The van der Waals surface area contributed by atoms with Crippen molar-refractivity contribution in [3.8, 4) is 11.5 Å². The number of carbonyl (C=O) groups is 2. The maximum Gasteiger partial charge on any atom is 0.262 e. The van der Waals surface area contributed by atoms with Crippen LogP contribution in [-0.2, 0) is 9.59 Å². The van der Waals surface area contributed by atoms with Gasteiger partial charge in [-0.3, -0.25) is 9.59 Å². The largest absolute Gasteiger partial charge is 0.490 e. The summed E-state index contributed by atoms with van der Waals surface area (Å²) < 4.78 is 23.9. The molecule has 7 nitrogen and oxygen atoms in total. The number of amides is 2. The van der Waals surface area contributed by atoms with Crippen molar-refractivity contribution >= 4 is 35.3 Å². The highest BCUT2D eigenvalue weighted by Gasteiger charge is 2.14. The Balaban J connectivity index is 2.08. The van der Waals surface area contributed by atoms with Crippen LogP contribution in [0.5, 0.6) is 11.5 Å². The summed E-state index contributed by atoms with van der Waals surface area (Å²) in [4.78, 5) is 22.9. The fourth-order valence-corrected chi connectivity index (χ4v) is 2.40. The first kappa shape index (κ1) is 21.2. The van der Waals surface area contributed by atoms with E-state index in [0.717, 1.165) is 0 Å². The Morgan fingerprint density at radius 2 is 1.93 bits per heavy atom. The van der Waals surface area contributed by atoms with E-state index < -0.39 is 11.7 Å². The van der Waals surface area contributed by atoms with Crippen molar-refractivity contribution in [2.24, 2.45) is 5.10 Å². The lowest BCUT2D eigenvalue weighted by Crippen LogP contribution is -2.20. The number of halogens is 2.